The third-order valence-electron chi connectivity index (χ3n) is 3.65. The summed E-state index contributed by atoms with van der Waals surface area (Å²) in [4.78, 5) is 30.0. The molecule has 2 N–H and O–H groups in total. The number of rotatable bonds is 2. The van der Waals surface area contributed by atoms with Crippen LogP contribution in [0.2, 0.25) is 0 Å². The monoisotopic (exact) mass is 290 g/mol. The summed E-state index contributed by atoms with van der Waals surface area (Å²) in [6.07, 6.45) is 0. The van der Waals surface area contributed by atoms with Crippen LogP contribution in [0.1, 0.15) is 20.7 Å². The summed E-state index contributed by atoms with van der Waals surface area (Å²) in [6.45, 7) is 3.11. The van der Waals surface area contributed by atoms with Crippen molar-refractivity contribution in [2.75, 3.05) is 53.1 Å². The van der Waals surface area contributed by atoms with Crippen molar-refractivity contribution in [1.29, 1.82) is 0 Å². The predicted octanol–water partition coefficient (Wildman–Crippen LogP) is 0.358. The molecule has 1 aromatic carbocycles. The highest BCUT2D eigenvalue weighted by molar-refractivity contribution is 6.00. The molecule has 0 radical (unpaired) electrons. The van der Waals surface area contributed by atoms with Gasteiger partial charge in [0.15, 0.2) is 0 Å². The molecule has 0 unspecified atom stereocenters. The van der Waals surface area contributed by atoms with E-state index >= 15 is 0 Å². The topological polar surface area (TPSA) is 69.9 Å². The van der Waals surface area contributed by atoms with Gasteiger partial charge in [-0.15, -0.1) is 0 Å². The van der Waals surface area contributed by atoms with Gasteiger partial charge in [-0.1, -0.05) is 0 Å². The van der Waals surface area contributed by atoms with Gasteiger partial charge < -0.3 is 20.4 Å². The molecular formula is C15H22N4O2. The number of carbonyl (C=O) groups excluding carboxylic acids is 2. The average Bonchev–Trinajstić information content (AvgIpc) is 2.45. The van der Waals surface area contributed by atoms with Crippen LogP contribution in [0.5, 0.6) is 0 Å². The van der Waals surface area contributed by atoms with E-state index in [0.29, 0.717) is 29.9 Å². The average molecular weight is 290 g/mol. The van der Waals surface area contributed by atoms with Crippen molar-refractivity contribution in [3.8, 4) is 0 Å². The Bertz CT molecular complexity index is 549. The summed E-state index contributed by atoms with van der Waals surface area (Å²) in [5.74, 6) is -0.224. The number of carbonyl (C=O) groups is 2. The number of hydrogen-bond donors (Lipinski definition) is 1. The molecule has 6 nitrogen and oxygen atoms in total. The van der Waals surface area contributed by atoms with E-state index in [1.54, 1.807) is 37.2 Å². The number of nitrogens with two attached hydrogens (primary N) is 1. The minimum Gasteiger partial charge on any atom is -0.399 e. The summed E-state index contributed by atoms with van der Waals surface area (Å²) in [5.41, 5.74) is 7.19. The van der Waals surface area contributed by atoms with Crippen LogP contribution in [0.15, 0.2) is 18.2 Å². The molecule has 1 saturated heterocycles. The minimum absolute atomic E-state index is 0.0665. The first-order valence-corrected chi connectivity index (χ1v) is 6.98. The molecule has 0 spiro atoms. The molecule has 1 aromatic rings. The molecule has 1 fully saturated rings. The van der Waals surface area contributed by atoms with Crippen LogP contribution < -0.4 is 5.73 Å². The maximum absolute atomic E-state index is 12.5. The highest BCUT2D eigenvalue weighted by Gasteiger charge is 2.22. The summed E-state index contributed by atoms with van der Waals surface area (Å²) in [6, 6.07) is 4.86. The third-order valence-corrected chi connectivity index (χ3v) is 3.65. The van der Waals surface area contributed by atoms with Crippen LogP contribution in [0.25, 0.3) is 0 Å². The fourth-order valence-corrected chi connectivity index (χ4v) is 2.35. The fraction of sp³-hybridized carbons (Fsp3) is 0.467. The van der Waals surface area contributed by atoms with E-state index in [9.17, 15) is 9.59 Å². The molecule has 0 aromatic heterocycles. The van der Waals surface area contributed by atoms with Crippen molar-refractivity contribution in [3.05, 3.63) is 29.3 Å². The van der Waals surface area contributed by atoms with Crippen LogP contribution in [0.3, 0.4) is 0 Å². The van der Waals surface area contributed by atoms with Gasteiger partial charge >= 0.3 is 0 Å². The van der Waals surface area contributed by atoms with E-state index in [1.807, 2.05) is 7.05 Å². The zero-order valence-corrected chi connectivity index (χ0v) is 12.8. The zero-order valence-electron chi connectivity index (χ0n) is 12.8. The highest BCUT2D eigenvalue weighted by atomic mass is 16.2. The highest BCUT2D eigenvalue weighted by Crippen LogP contribution is 2.16. The van der Waals surface area contributed by atoms with Crippen LogP contribution >= 0.6 is 0 Å². The number of anilines is 1. The van der Waals surface area contributed by atoms with E-state index in [1.165, 1.54) is 4.90 Å². The molecule has 0 aliphatic carbocycles. The number of nitrogen functional groups attached to an aromatic ring is 1. The molecule has 1 aliphatic heterocycles. The van der Waals surface area contributed by atoms with E-state index < -0.39 is 0 Å². The van der Waals surface area contributed by atoms with Gasteiger partial charge in [-0.25, -0.2) is 0 Å². The largest absolute Gasteiger partial charge is 0.399 e. The third kappa shape index (κ3) is 3.52. The SMILES string of the molecule is CN1CCN(C(=O)c2cc(N)cc(C(=O)N(C)C)c2)CC1. The standard InChI is InChI=1S/C15H22N4O2/c1-17(2)14(20)11-8-12(10-13(16)9-11)15(21)19-6-4-18(3)5-7-19/h8-10H,4-7,16H2,1-3H3. The normalized spacial score (nSPS) is 15.9. The van der Waals surface area contributed by atoms with Crippen molar-refractivity contribution in [1.82, 2.24) is 14.7 Å². The smallest absolute Gasteiger partial charge is 0.254 e. The van der Waals surface area contributed by atoms with E-state index in [0.717, 1.165) is 13.1 Å². The molecule has 1 heterocycles. The first-order valence-electron chi connectivity index (χ1n) is 6.98. The van der Waals surface area contributed by atoms with Crippen molar-refractivity contribution in [2.45, 2.75) is 0 Å². The second-order valence-corrected chi connectivity index (χ2v) is 5.64. The van der Waals surface area contributed by atoms with Gasteiger partial charge in [0.05, 0.1) is 0 Å². The van der Waals surface area contributed by atoms with E-state index in [-0.39, 0.29) is 11.8 Å². The molecule has 6 heteroatoms. The number of amides is 2. The van der Waals surface area contributed by atoms with Crippen molar-refractivity contribution in [3.63, 3.8) is 0 Å². The first-order chi connectivity index (χ1) is 9.88. The molecule has 2 rings (SSSR count). The lowest BCUT2D eigenvalue weighted by Crippen LogP contribution is -2.47. The number of benzene rings is 1. The lowest BCUT2D eigenvalue weighted by atomic mass is 10.1. The number of likely N-dealkylation sites (N-methyl/N-ethyl adjacent to an activating group) is 1. The maximum atomic E-state index is 12.5. The van der Waals surface area contributed by atoms with Crippen LogP contribution in [0.4, 0.5) is 5.69 Å². The van der Waals surface area contributed by atoms with Gasteiger partial charge in [0, 0.05) is 57.1 Å². The Morgan fingerprint density at radius 2 is 1.62 bits per heavy atom. The zero-order chi connectivity index (χ0) is 15.6. The molecule has 0 atom stereocenters. The van der Waals surface area contributed by atoms with Crippen molar-refractivity contribution >= 4 is 17.5 Å². The molecule has 2 amide bonds. The van der Waals surface area contributed by atoms with Gasteiger partial charge in [-0.2, -0.15) is 0 Å². The molecular weight excluding hydrogens is 268 g/mol. The number of piperazine rings is 1. The Hall–Kier alpha value is -2.08. The Morgan fingerprint density at radius 3 is 2.19 bits per heavy atom. The van der Waals surface area contributed by atoms with Gasteiger partial charge in [0.25, 0.3) is 11.8 Å². The number of nitrogens with zero attached hydrogens (tertiary/aromatic N) is 3. The van der Waals surface area contributed by atoms with Crippen molar-refractivity contribution in [2.24, 2.45) is 0 Å². The van der Waals surface area contributed by atoms with Gasteiger partial charge in [0.1, 0.15) is 0 Å². The minimum atomic E-state index is -0.158. The summed E-state index contributed by atoms with van der Waals surface area (Å²) < 4.78 is 0. The Morgan fingerprint density at radius 1 is 1.05 bits per heavy atom. The van der Waals surface area contributed by atoms with Gasteiger partial charge in [-0.3, -0.25) is 9.59 Å². The molecule has 0 saturated carbocycles. The summed E-state index contributed by atoms with van der Waals surface area (Å²) >= 11 is 0. The fourth-order valence-electron chi connectivity index (χ4n) is 2.35. The second kappa shape index (κ2) is 6.13. The molecule has 114 valence electrons. The van der Waals surface area contributed by atoms with Gasteiger partial charge in [0.2, 0.25) is 0 Å². The van der Waals surface area contributed by atoms with E-state index in [2.05, 4.69) is 4.90 Å². The Kier molecular flexibility index (Phi) is 4.47. The molecule has 0 bridgehead atoms. The lowest BCUT2D eigenvalue weighted by Gasteiger charge is -2.32. The Labute approximate surface area is 125 Å². The second-order valence-electron chi connectivity index (χ2n) is 5.64. The quantitative estimate of drug-likeness (QED) is 0.798. The molecule has 21 heavy (non-hydrogen) atoms. The van der Waals surface area contributed by atoms with E-state index in [4.69, 9.17) is 5.73 Å². The summed E-state index contributed by atoms with van der Waals surface area (Å²) in [5, 5.41) is 0. The van der Waals surface area contributed by atoms with Crippen LogP contribution in [-0.2, 0) is 0 Å². The first kappa shape index (κ1) is 15.3. The maximum Gasteiger partial charge on any atom is 0.254 e. The van der Waals surface area contributed by atoms with Crippen LogP contribution in [0, 0.1) is 0 Å². The Balaban J connectivity index is 2.23. The predicted molar refractivity (Wildman–Crippen MR) is 82.3 cm³/mol. The van der Waals surface area contributed by atoms with Gasteiger partial charge in [-0.05, 0) is 25.2 Å². The summed E-state index contributed by atoms with van der Waals surface area (Å²) in [7, 11) is 5.39. The van der Waals surface area contributed by atoms with Crippen molar-refractivity contribution < 1.29 is 9.59 Å². The number of hydrogen-bond acceptors (Lipinski definition) is 4. The lowest BCUT2D eigenvalue weighted by molar-refractivity contribution is 0.0664. The van der Waals surface area contributed by atoms with Crippen LogP contribution in [-0.4, -0.2) is 73.8 Å². The molecule has 1 aliphatic rings.